The molecule has 4 rings (SSSR count). The van der Waals surface area contributed by atoms with Gasteiger partial charge in [-0.1, -0.05) is 11.6 Å². The summed E-state index contributed by atoms with van der Waals surface area (Å²) in [5.74, 6) is 0.147. The van der Waals surface area contributed by atoms with Crippen molar-refractivity contribution in [1.82, 2.24) is 15.0 Å². The molecule has 3 fully saturated rings. The van der Waals surface area contributed by atoms with E-state index in [2.05, 4.69) is 5.16 Å². The molecule has 7 heteroatoms. The Bertz CT molecular complexity index is 601. The normalized spacial score (nSPS) is 24.4. The summed E-state index contributed by atoms with van der Waals surface area (Å²) in [7, 11) is 0. The summed E-state index contributed by atoms with van der Waals surface area (Å²) in [5, 5.41) is 3.58. The number of likely N-dealkylation sites (tertiary alicyclic amines) is 1. The Labute approximate surface area is 140 Å². The van der Waals surface area contributed by atoms with Gasteiger partial charge in [0, 0.05) is 25.2 Å². The maximum absolute atomic E-state index is 12.3. The Morgan fingerprint density at radius 2 is 1.96 bits per heavy atom. The van der Waals surface area contributed by atoms with Gasteiger partial charge < -0.3 is 19.1 Å². The van der Waals surface area contributed by atoms with Gasteiger partial charge in [-0.15, -0.1) is 0 Å². The first-order valence-electron chi connectivity index (χ1n) is 8.86. The summed E-state index contributed by atoms with van der Waals surface area (Å²) in [6.45, 7) is 1.97. The number of hydrogen-bond acceptors (Lipinski definition) is 5. The number of carbonyl (C=O) groups is 2. The number of amides is 2. The molecule has 2 saturated heterocycles. The van der Waals surface area contributed by atoms with Gasteiger partial charge in [0.15, 0.2) is 0 Å². The van der Waals surface area contributed by atoms with E-state index in [1.807, 2.05) is 4.90 Å². The highest BCUT2D eigenvalue weighted by Crippen LogP contribution is 2.38. The van der Waals surface area contributed by atoms with Gasteiger partial charge in [-0.3, -0.25) is 4.79 Å². The van der Waals surface area contributed by atoms with Crippen LogP contribution in [0.5, 0.6) is 0 Å². The Morgan fingerprint density at radius 1 is 1.21 bits per heavy atom. The van der Waals surface area contributed by atoms with Gasteiger partial charge in [0.25, 0.3) is 5.91 Å². The average molecular weight is 333 g/mol. The molecule has 1 saturated carbocycles. The second kappa shape index (κ2) is 6.11. The fourth-order valence-corrected chi connectivity index (χ4v) is 4.25. The summed E-state index contributed by atoms with van der Waals surface area (Å²) < 4.78 is 10.7. The Kier molecular flexibility index (Phi) is 3.94. The van der Waals surface area contributed by atoms with E-state index in [-0.39, 0.29) is 29.4 Å². The van der Waals surface area contributed by atoms with Crippen molar-refractivity contribution in [2.45, 2.75) is 56.6 Å². The molecule has 0 N–H and O–H groups in total. The molecule has 0 radical (unpaired) electrons. The van der Waals surface area contributed by atoms with Crippen LogP contribution in [0.3, 0.4) is 0 Å². The zero-order chi connectivity index (χ0) is 16.6. The van der Waals surface area contributed by atoms with Crippen LogP contribution >= 0.6 is 0 Å². The van der Waals surface area contributed by atoms with Gasteiger partial charge >= 0.3 is 6.09 Å². The topological polar surface area (TPSA) is 75.9 Å². The zero-order valence-corrected chi connectivity index (χ0v) is 13.8. The Balaban J connectivity index is 1.36. The zero-order valence-electron chi connectivity index (χ0n) is 13.8. The molecule has 3 aliphatic rings. The molecule has 1 aliphatic carbocycles. The van der Waals surface area contributed by atoms with Crippen molar-refractivity contribution in [2.75, 3.05) is 19.6 Å². The standard InChI is InChI=1S/C17H23N3O4/c21-15(14-4-9-18-24-14)19-10-5-13(6-11-19)20-12-17(23-16(20)22)7-2-1-3-8-17/h4,9,13H,1-3,5-8,10-12H2. The predicted octanol–water partition coefficient (Wildman–Crippen LogP) is 2.43. The van der Waals surface area contributed by atoms with Crippen LogP contribution in [-0.4, -0.2) is 58.2 Å². The first-order valence-corrected chi connectivity index (χ1v) is 8.86. The molecular weight excluding hydrogens is 310 g/mol. The van der Waals surface area contributed by atoms with Crippen LogP contribution in [0.4, 0.5) is 4.79 Å². The van der Waals surface area contributed by atoms with Crippen LogP contribution in [0.15, 0.2) is 16.8 Å². The van der Waals surface area contributed by atoms with E-state index >= 15 is 0 Å². The minimum absolute atomic E-state index is 0.126. The molecule has 130 valence electrons. The van der Waals surface area contributed by atoms with Crippen LogP contribution in [-0.2, 0) is 4.74 Å². The monoisotopic (exact) mass is 333 g/mol. The van der Waals surface area contributed by atoms with E-state index in [0.717, 1.165) is 38.5 Å². The van der Waals surface area contributed by atoms with Gasteiger partial charge in [-0.2, -0.15) is 0 Å². The van der Waals surface area contributed by atoms with Crippen molar-refractivity contribution in [1.29, 1.82) is 0 Å². The molecule has 1 aromatic heterocycles. The van der Waals surface area contributed by atoms with Crippen molar-refractivity contribution in [3.63, 3.8) is 0 Å². The summed E-state index contributed by atoms with van der Waals surface area (Å²) in [6, 6.07) is 1.75. The van der Waals surface area contributed by atoms with Crippen molar-refractivity contribution in [3.05, 3.63) is 18.0 Å². The number of ether oxygens (including phenoxy) is 1. The SMILES string of the molecule is O=C(c1ccno1)N1CCC(N2CC3(CCCCC3)OC2=O)CC1. The Hall–Kier alpha value is -2.05. The smallest absolute Gasteiger partial charge is 0.410 e. The molecule has 3 heterocycles. The molecule has 2 amide bonds. The van der Waals surface area contributed by atoms with Crippen LogP contribution in [0.2, 0.25) is 0 Å². The van der Waals surface area contributed by atoms with E-state index in [1.54, 1.807) is 11.0 Å². The quantitative estimate of drug-likeness (QED) is 0.831. The number of nitrogens with zero attached hydrogens (tertiary/aromatic N) is 3. The molecular formula is C17H23N3O4. The van der Waals surface area contributed by atoms with Crippen molar-refractivity contribution in [3.8, 4) is 0 Å². The lowest BCUT2D eigenvalue weighted by Crippen LogP contribution is -2.48. The van der Waals surface area contributed by atoms with Gasteiger partial charge in [-0.05, 0) is 38.5 Å². The van der Waals surface area contributed by atoms with Gasteiger partial charge in [0.1, 0.15) is 5.60 Å². The van der Waals surface area contributed by atoms with E-state index in [4.69, 9.17) is 9.26 Å². The molecule has 0 atom stereocenters. The first-order chi connectivity index (χ1) is 11.7. The summed E-state index contributed by atoms with van der Waals surface area (Å²) in [5.41, 5.74) is -0.248. The van der Waals surface area contributed by atoms with Gasteiger partial charge in [-0.25, -0.2) is 4.79 Å². The molecule has 7 nitrogen and oxygen atoms in total. The second-order valence-electron chi connectivity index (χ2n) is 7.14. The molecule has 0 aromatic carbocycles. The van der Waals surface area contributed by atoms with Crippen LogP contribution < -0.4 is 0 Å². The molecule has 1 aromatic rings. The average Bonchev–Trinajstić information content (AvgIpc) is 3.24. The van der Waals surface area contributed by atoms with E-state index in [9.17, 15) is 9.59 Å². The third-order valence-electron chi connectivity index (χ3n) is 5.60. The first kappa shape index (κ1) is 15.5. The third-order valence-corrected chi connectivity index (χ3v) is 5.60. The van der Waals surface area contributed by atoms with E-state index in [0.29, 0.717) is 19.6 Å². The minimum atomic E-state index is -0.248. The van der Waals surface area contributed by atoms with Gasteiger partial charge in [0.2, 0.25) is 5.76 Å². The van der Waals surface area contributed by atoms with Crippen LogP contribution in [0.1, 0.15) is 55.5 Å². The largest absolute Gasteiger partial charge is 0.441 e. The molecule has 2 aliphatic heterocycles. The molecule has 1 spiro atoms. The lowest BCUT2D eigenvalue weighted by Gasteiger charge is -2.36. The van der Waals surface area contributed by atoms with Crippen LogP contribution in [0.25, 0.3) is 0 Å². The fraction of sp³-hybridized carbons (Fsp3) is 0.706. The van der Waals surface area contributed by atoms with Crippen LogP contribution in [0, 0.1) is 0 Å². The lowest BCUT2D eigenvalue weighted by atomic mass is 9.84. The van der Waals surface area contributed by atoms with E-state index in [1.165, 1.54) is 12.6 Å². The highest BCUT2D eigenvalue weighted by molar-refractivity contribution is 5.91. The third kappa shape index (κ3) is 2.76. The van der Waals surface area contributed by atoms with Crippen molar-refractivity contribution in [2.24, 2.45) is 0 Å². The van der Waals surface area contributed by atoms with Crippen molar-refractivity contribution < 1.29 is 18.8 Å². The Morgan fingerprint density at radius 3 is 2.62 bits per heavy atom. The van der Waals surface area contributed by atoms with E-state index < -0.39 is 0 Å². The number of hydrogen-bond donors (Lipinski definition) is 0. The second-order valence-corrected chi connectivity index (χ2v) is 7.14. The number of rotatable bonds is 2. The predicted molar refractivity (Wildman–Crippen MR) is 84.4 cm³/mol. The number of carbonyl (C=O) groups excluding carboxylic acids is 2. The summed E-state index contributed by atoms with van der Waals surface area (Å²) in [4.78, 5) is 28.3. The highest BCUT2D eigenvalue weighted by Gasteiger charge is 2.48. The minimum Gasteiger partial charge on any atom is -0.441 e. The van der Waals surface area contributed by atoms with Crippen molar-refractivity contribution >= 4 is 12.0 Å². The van der Waals surface area contributed by atoms with Gasteiger partial charge in [0.05, 0.1) is 12.7 Å². The summed E-state index contributed by atoms with van der Waals surface area (Å²) >= 11 is 0. The number of aromatic nitrogens is 1. The summed E-state index contributed by atoms with van der Waals surface area (Å²) in [6.07, 6.45) is 8.37. The maximum Gasteiger partial charge on any atom is 0.410 e. The fourth-order valence-electron chi connectivity index (χ4n) is 4.25. The maximum atomic E-state index is 12.3. The number of piperidine rings is 1. The lowest BCUT2D eigenvalue weighted by molar-refractivity contribution is 0.0259. The molecule has 24 heavy (non-hydrogen) atoms. The molecule has 0 unspecified atom stereocenters. The highest BCUT2D eigenvalue weighted by atomic mass is 16.6. The molecule has 0 bridgehead atoms.